The van der Waals surface area contributed by atoms with Gasteiger partial charge in [0.2, 0.25) is 5.75 Å². The highest BCUT2D eigenvalue weighted by atomic mass is 16.5. The highest BCUT2D eigenvalue weighted by molar-refractivity contribution is 5.95. The maximum absolute atomic E-state index is 13.4. The minimum Gasteiger partial charge on any atom is -0.490 e. The van der Waals surface area contributed by atoms with Crippen LogP contribution < -0.4 is 14.2 Å². The fraction of sp³-hybridized carbons (Fsp3) is 0.429. The quantitative estimate of drug-likeness (QED) is 0.397. The molecule has 1 aromatic heterocycles. The van der Waals surface area contributed by atoms with E-state index in [9.17, 15) is 4.79 Å². The van der Waals surface area contributed by atoms with E-state index in [1.54, 1.807) is 12.1 Å². The Morgan fingerprint density at radius 2 is 1.57 bits per heavy atom. The molecule has 0 saturated carbocycles. The van der Waals surface area contributed by atoms with E-state index >= 15 is 0 Å². The van der Waals surface area contributed by atoms with E-state index in [2.05, 4.69) is 21.7 Å². The molecule has 186 valence electrons. The Balaban J connectivity index is 1.44. The number of benzene rings is 2. The minimum atomic E-state index is 0.000935. The summed E-state index contributed by atoms with van der Waals surface area (Å²) in [6.07, 6.45) is 5.81. The van der Waals surface area contributed by atoms with E-state index in [1.165, 1.54) is 0 Å². The number of likely N-dealkylation sites (tertiary alicyclic amines) is 1. The number of hydrogen-bond donors (Lipinski definition) is 0. The SMILES string of the molecule is CCOc1cc(C(=O)N2CCC(Cn3ccnc3-c3ccccc3)CC2)cc(OCC)c1OCC. The van der Waals surface area contributed by atoms with E-state index < -0.39 is 0 Å². The van der Waals surface area contributed by atoms with Crippen molar-refractivity contribution in [2.45, 2.75) is 40.2 Å². The fourth-order valence-electron chi connectivity index (χ4n) is 4.60. The van der Waals surface area contributed by atoms with Gasteiger partial charge in [-0.1, -0.05) is 30.3 Å². The first-order valence-electron chi connectivity index (χ1n) is 12.6. The lowest BCUT2D eigenvalue weighted by molar-refractivity contribution is 0.0682. The Bertz CT molecular complexity index is 1080. The number of rotatable bonds is 10. The number of aromatic nitrogens is 2. The summed E-state index contributed by atoms with van der Waals surface area (Å²) in [4.78, 5) is 19.9. The average molecular weight is 478 g/mol. The molecule has 1 saturated heterocycles. The molecule has 1 aliphatic heterocycles. The van der Waals surface area contributed by atoms with Gasteiger partial charge in [0.1, 0.15) is 5.82 Å². The summed E-state index contributed by atoms with van der Waals surface area (Å²) >= 11 is 0. The van der Waals surface area contributed by atoms with Crippen molar-refractivity contribution in [1.29, 1.82) is 0 Å². The summed E-state index contributed by atoms with van der Waals surface area (Å²) in [5.74, 6) is 3.14. The average Bonchev–Trinajstić information content (AvgIpc) is 3.35. The zero-order valence-electron chi connectivity index (χ0n) is 20.9. The van der Waals surface area contributed by atoms with Gasteiger partial charge in [0.25, 0.3) is 5.91 Å². The number of nitrogens with zero attached hydrogens (tertiary/aromatic N) is 3. The molecule has 2 aromatic carbocycles. The maximum atomic E-state index is 13.4. The molecule has 0 bridgehead atoms. The summed E-state index contributed by atoms with van der Waals surface area (Å²) < 4.78 is 19.6. The zero-order chi connectivity index (χ0) is 24.6. The Morgan fingerprint density at radius 1 is 0.943 bits per heavy atom. The lowest BCUT2D eigenvalue weighted by Crippen LogP contribution is -2.39. The number of ether oxygens (including phenoxy) is 3. The van der Waals surface area contributed by atoms with Crippen molar-refractivity contribution in [3.8, 4) is 28.6 Å². The van der Waals surface area contributed by atoms with Crippen molar-refractivity contribution >= 4 is 5.91 Å². The molecule has 0 aliphatic carbocycles. The van der Waals surface area contributed by atoms with Gasteiger partial charge in [-0.05, 0) is 51.7 Å². The summed E-state index contributed by atoms with van der Waals surface area (Å²) in [5, 5.41) is 0. The maximum Gasteiger partial charge on any atom is 0.254 e. The molecule has 2 heterocycles. The van der Waals surface area contributed by atoms with Crippen molar-refractivity contribution in [3.05, 3.63) is 60.4 Å². The van der Waals surface area contributed by atoms with Gasteiger partial charge in [-0.2, -0.15) is 0 Å². The van der Waals surface area contributed by atoms with Crippen LogP contribution in [-0.4, -0.2) is 53.3 Å². The number of carbonyl (C=O) groups excluding carboxylic acids is 1. The number of hydrogen-bond acceptors (Lipinski definition) is 5. The third-order valence-corrected chi connectivity index (χ3v) is 6.26. The van der Waals surface area contributed by atoms with Gasteiger partial charge in [-0.3, -0.25) is 4.79 Å². The predicted molar refractivity (Wildman–Crippen MR) is 136 cm³/mol. The van der Waals surface area contributed by atoms with Crippen molar-refractivity contribution < 1.29 is 19.0 Å². The van der Waals surface area contributed by atoms with Crippen LogP contribution in [0.4, 0.5) is 0 Å². The zero-order valence-corrected chi connectivity index (χ0v) is 20.9. The molecule has 0 unspecified atom stereocenters. The van der Waals surface area contributed by atoms with E-state index in [1.807, 2.05) is 56.3 Å². The van der Waals surface area contributed by atoms with Crippen LogP contribution in [0, 0.1) is 5.92 Å². The van der Waals surface area contributed by atoms with Crippen LogP contribution in [-0.2, 0) is 6.54 Å². The molecule has 0 N–H and O–H groups in total. The van der Waals surface area contributed by atoms with Crippen LogP contribution >= 0.6 is 0 Å². The first-order chi connectivity index (χ1) is 17.1. The summed E-state index contributed by atoms with van der Waals surface area (Å²) in [7, 11) is 0. The standard InChI is InChI=1S/C28H35N3O4/c1-4-33-24-18-23(19-25(34-5-2)26(24)35-6-3)28(32)30-15-12-21(13-16-30)20-31-17-14-29-27(31)22-10-8-7-9-11-22/h7-11,14,17-19,21H,4-6,12-13,15-16,20H2,1-3H3. The highest BCUT2D eigenvalue weighted by Crippen LogP contribution is 2.39. The predicted octanol–water partition coefficient (Wildman–Crippen LogP) is 5.30. The Labute approximate surface area is 207 Å². The van der Waals surface area contributed by atoms with Crippen LogP contribution in [0.5, 0.6) is 17.2 Å². The Morgan fingerprint density at radius 3 is 2.17 bits per heavy atom. The third-order valence-electron chi connectivity index (χ3n) is 6.26. The van der Waals surface area contributed by atoms with Gasteiger partial charge in [0, 0.05) is 43.2 Å². The van der Waals surface area contributed by atoms with Crippen molar-refractivity contribution in [2.75, 3.05) is 32.9 Å². The first-order valence-corrected chi connectivity index (χ1v) is 12.6. The second-order valence-corrected chi connectivity index (χ2v) is 8.61. The highest BCUT2D eigenvalue weighted by Gasteiger charge is 2.26. The summed E-state index contributed by atoms with van der Waals surface area (Å²) in [6, 6.07) is 13.8. The molecular weight excluding hydrogens is 442 g/mol. The molecule has 0 spiro atoms. The molecule has 7 nitrogen and oxygen atoms in total. The largest absolute Gasteiger partial charge is 0.490 e. The van der Waals surface area contributed by atoms with Gasteiger partial charge >= 0.3 is 0 Å². The van der Waals surface area contributed by atoms with Crippen LogP contribution in [0.3, 0.4) is 0 Å². The lowest BCUT2D eigenvalue weighted by atomic mass is 9.96. The van der Waals surface area contributed by atoms with Crippen LogP contribution in [0.1, 0.15) is 44.0 Å². The topological polar surface area (TPSA) is 65.8 Å². The van der Waals surface area contributed by atoms with Crippen LogP contribution in [0.15, 0.2) is 54.9 Å². The van der Waals surface area contributed by atoms with Gasteiger partial charge in [-0.15, -0.1) is 0 Å². The normalized spacial score (nSPS) is 14.1. The Kier molecular flexibility index (Phi) is 8.29. The summed E-state index contributed by atoms with van der Waals surface area (Å²) in [5.41, 5.74) is 1.69. The molecule has 3 aromatic rings. The second kappa shape index (κ2) is 11.8. The monoisotopic (exact) mass is 477 g/mol. The lowest BCUT2D eigenvalue weighted by Gasteiger charge is -2.32. The molecule has 1 fully saturated rings. The van der Waals surface area contributed by atoms with E-state index in [0.29, 0.717) is 48.6 Å². The second-order valence-electron chi connectivity index (χ2n) is 8.61. The van der Waals surface area contributed by atoms with Gasteiger partial charge in [0.15, 0.2) is 11.5 Å². The van der Waals surface area contributed by atoms with Gasteiger partial charge in [0.05, 0.1) is 19.8 Å². The molecule has 7 heteroatoms. The van der Waals surface area contributed by atoms with E-state index in [-0.39, 0.29) is 5.91 Å². The van der Waals surface area contributed by atoms with Crippen LogP contribution in [0.25, 0.3) is 11.4 Å². The van der Waals surface area contributed by atoms with Gasteiger partial charge in [-0.25, -0.2) is 4.98 Å². The molecule has 35 heavy (non-hydrogen) atoms. The molecule has 0 atom stereocenters. The number of imidazole rings is 1. The van der Waals surface area contributed by atoms with Crippen molar-refractivity contribution in [1.82, 2.24) is 14.5 Å². The number of carbonyl (C=O) groups is 1. The van der Waals surface area contributed by atoms with Gasteiger partial charge < -0.3 is 23.7 Å². The molecule has 0 radical (unpaired) electrons. The molecule has 1 aliphatic rings. The minimum absolute atomic E-state index is 0.000935. The Hall–Kier alpha value is -3.48. The molecular formula is C28H35N3O4. The molecule has 1 amide bonds. The number of piperidine rings is 1. The smallest absolute Gasteiger partial charge is 0.254 e. The summed E-state index contributed by atoms with van der Waals surface area (Å²) in [6.45, 7) is 9.54. The van der Waals surface area contributed by atoms with Crippen LogP contribution in [0.2, 0.25) is 0 Å². The van der Waals surface area contributed by atoms with E-state index in [4.69, 9.17) is 14.2 Å². The number of amides is 1. The molecule has 4 rings (SSSR count). The third kappa shape index (κ3) is 5.78. The van der Waals surface area contributed by atoms with Crippen molar-refractivity contribution in [3.63, 3.8) is 0 Å². The fourth-order valence-corrected chi connectivity index (χ4v) is 4.60. The first kappa shape index (κ1) is 24.6. The van der Waals surface area contributed by atoms with Crippen molar-refractivity contribution in [2.24, 2.45) is 5.92 Å². The van der Waals surface area contributed by atoms with E-state index in [0.717, 1.165) is 43.9 Å².